The topological polar surface area (TPSA) is 55.2 Å². The monoisotopic (exact) mass is 204 g/mol. The van der Waals surface area contributed by atoms with E-state index in [4.69, 9.17) is 4.74 Å². The molecule has 78 valence electrons. The van der Waals surface area contributed by atoms with Crippen LogP contribution in [0.5, 0.6) is 5.88 Å². The van der Waals surface area contributed by atoms with Crippen molar-refractivity contribution in [3.05, 3.63) is 29.6 Å². The Labute approximate surface area is 87.6 Å². The van der Waals surface area contributed by atoms with Crippen molar-refractivity contribution in [2.24, 2.45) is 0 Å². The summed E-state index contributed by atoms with van der Waals surface area (Å²) < 4.78 is 5.02. The predicted molar refractivity (Wildman–Crippen MR) is 56.7 cm³/mol. The number of hydrogen-bond acceptors (Lipinski definition) is 4. The number of nitrogens with zero attached hydrogens (tertiary/aromatic N) is 2. The Bertz CT molecular complexity index is 497. The van der Waals surface area contributed by atoms with Gasteiger partial charge in [0.15, 0.2) is 0 Å². The van der Waals surface area contributed by atoms with E-state index in [0.717, 1.165) is 16.6 Å². The van der Waals surface area contributed by atoms with Gasteiger partial charge in [-0.25, -0.2) is 4.98 Å². The molecule has 0 radical (unpaired) electrons. The molecule has 0 aliphatic heterocycles. The van der Waals surface area contributed by atoms with Crippen molar-refractivity contribution in [1.29, 1.82) is 0 Å². The highest BCUT2D eigenvalue weighted by Crippen LogP contribution is 2.21. The molecular formula is C11H12N2O2. The van der Waals surface area contributed by atoms with Crippen LogP contribution in [0.25, 0.3) is 10.9 Å². The van der Waals surface area contributed by atoms with Gasteiger partial charge in [-0.1, -0.05) is 0 Å². The highest BCUT2D eigenvalue weighted by molar-refractivity contribution is 5.83. The van der Waals surface area contributed by atoms with Crippen molar-refractivity contribution in [2.75, 3.05) is 7.11 Å². The standard InChI is InChI=1S/C11H12N2O2/c1-7-3-9-4-8(6-15-2)5-12-10(9)11(14)13-7/h3-5H,6H2,1-2H3,(H,13,14). The lowest BCUT2D eigenvalue weighted by atomic mass is 10.2. The Balaban J connectivity index is 2.60. The molecule has 0 spiro atoms. The number of pyridine rings is 2. The molecular weight excluding hydrogens is 192 g/mol. The Hall–Kier alpha value is -1.68. The van der Waals surface area contributed by atoms with Crippen LogP contribution in [0.2, 0.25) is 0 Å². The molecule has 2 aromatic heterocycles. The van der Waals surface area contributed by atoms with Crippen LogP contribution in [0.1, 0.15) is 11.3 Å². The van der Waals surface area contributed by atoms with Crippen LogP contribution < -0.4 is 0 Å². The molecule has 0 saturated carbocycles. The van der Waals surface area contributed by atoms with Crippen LogP contribution in [0, 0.1) is 6.92 Å². The SMILES string of the molecule is COCc1cnc2c(O)nc(C)cc2c1. The first kappa shape index (κ1) is 9.86. The highest BCUT2D eigenvalue weighted by Gasteiger charge is 2.04. The van der Waals surface area contributed by atoms with Crippen LogP contribution in [0.15, 0.2) is 18.3 Å². The number of fused-ring (bicyclic) bond motifs is 1. The molecule has 0 fully saturated rings. The van der Waals surface area contributed by atoms with Gasteiger partial charge >= 0.3 is 0 Å². The van der Waals surface area contributed by atoms with E-state index in [1.807, 2.05) is 19.1 Å². The first-order valence-corrected chi connectivity index (χ1v) is 4.65. The van der Waals surface area contributed by atoms with Crippen LogP contribution in [0.3, 0.4) is 0 Å². The van der Waals surface area contributed by atoms with Gasteiger partial charge in [0.2, 0.25) is 5.88 Å². The smallest absolute Gasteiger partial charge is 0.238 e. The predicted octanol–water partition coefficient (Wildman–Crippen LogP) is 1.79. The second-order valence-electron chi connectivity index (χ2n) is 3.44. The van der Waals surface area contributed by atoms with E-state index >= 15 is 0 Å². The molecule has 0 amide bonds. The van der Waals surface area contributed by atoms with E-state index in [1.54, 1.807) is 13.3 Å². The van der Waals surface area contributed by atoms with E-state index in [0.29, 0.717) is 12.1 Å². The van der Waals surface area contributed by atoms with Gasteiger partial charge in [0.1, 0.15) is 5.52 Å². The second kappa shape index (κ2) is 3.82. The number of ether oxygens (including phenoxy) is 1. The Morgan fingerprint density at radius 1 is 1.40 bits per heavy atom. The fourth-order valence-electron chi connectivity index (χ4n) is 1.55. The van der Waals surface area contributed by atoms with E-state index in [1.165, 1.54) is 0 Å². The summed E-state index contributed by atoms with van der Waals surface area (Å²) >= 11 is 0. The lowest BCUT2D eigenvalue weighted by Crippen LogP contribution is -1.92. The minimum absolute atomic E-state index is 0.0195. The van der Waals surface area contributed by atoms with Gasteiger partial charge in [-0.2, -0.15) is 0 Å². The van der Waals surface area contributed by atoms with E-state index in [-0.39, 0.29) is 5.88 Å². The first-order chi connectivity index (χ1) is 7.20. The maximum Gasteiger partial charge on any atom is 0.238 e. The van der Waals surface area contributed by atoms with Crippen molar-refractivity contribution >= 4 is 10.9 Å². The molecule has 0 saturated heterocycles. The minimum Gasteiger partial charge on any atom is -0.492 e. The van der Waals surface area contributed by atoms with E-state index in [9.17, 15) is 5.11 Å². The zero-order valence-corrected chi connectivity index (χ0v) is 8.69. The Kier molecular flexibility index (Phi) is 2.51. The fourth-order valence-corrected chi connectivity index (χ4v) is 1.55. The third-order valence-corrected chi connectivity index (χ3v) is 2.14. The molecule has 4 nitrogen and oxygen atoms in total. The van der Waals surface area contributed by atoms with Crippen LogP contribution in [0.4, 0.5) is 0 Å². The number of aryl methyl sites for hydroxylation is 1. The van der Waals surface area contributed by atoms with Gasteiger partial charge in [0.25, 0.3) is 0 Å². The summed E-state index contributed by atoms with van der Waals surface area (Å²) in [6.45, 7) is 2.35. The normalized spacial score (nSPS) is 10.8. The molecule has 4 heteroatoms. The molecule has 0 unspecified atom stereocenters. The summed E-state index contributed by atoms with van der Waals surface area (Å²) in [4.78, 5) is 8.09. The zero-order chi connectivity index (χ0) is 10.8. The number of aromatic nitrogens is 2. The van der Waals surface area contributed by atoms with Gasteiger partial charge < -0.3 is 9.84 Å². The summed E-state index contributed by atoms with van der Waals surface area (Å²) in [6.07, 6.45) is 1.68. The van der Waals surface area contributed by atoms with Gasteiger partial charge in [0, 0.05) is 24.4 Å². The van der Waals surface area contributed by atoms with Crippen LogP contribution in [-0.4, -0.2) is 22.2 Å². The zero-order valence-electron chi connectivity index (χ0n) is 8.69. The van der Waals surface area contributed by atoms with Crippen molar-refractivity contribution in [3.8, 4) is 5.88 Å². The third-order valence-electron chi connectivity index (χ3n) is 2.14. The summed E-state index contributed by atoms with van der Waals surface area (Å²) in [5.74, 6) is -0.0195. The number of aromatic hydroxyl groups is 1. The minimum atomic E-state index is -0.0195. The van der Waals surface area contributed by atoms with Gasteiger partial charge in [0.05, 0.1) is 6.61 Å². The Morgan fingerprint density at radius 2 is 2.20 bits per heavy atom. The largest absolute Gasteiger partial charge is 0.492 e. The lowest BCUT2D eigenvalue weighted by Gasteiger charge is -2.04. The van der Waals surface area contributed by atoms with Crippen molar-refractivity contribution in [2.45, 2.75) is 13.5 Å². The molecule has 0 atom stereocenters. The molecule has 0 bridgehead atoms. The number of hydrogen-bond donors (Lipinski definition) is 1. The molecule has 1 N–H and O–H groups in total. The lowest BCUT2D eigenvalue weighted by molar-refractivity contribution is 0.184. The van der Waals surface area contributed by atoms with E-state index in [2.05, 4.69) is 9.97 Å². The molecule has 0 aliphatic carbocycles. The molecule has 2 heterocycles. The fraction of sp³-hybridized carbons (Fsp3) is 0.273. The molecule has 2 rings (SSSR count). The average Bonchev–Trinajstić information content (AvgIpc) is 2.17. The number of rotatable bonds is 2. The van der Waals surface area contributed by atoms with Gasteiger partial charge in [-0.3, -0.25) is 4.98 Å². The summed E-state index contributed by atoms with van der Waals surface area (Å²) in [6, 6.07) is 3.83. The van der Waals surface area contributed by atoms with E-state index < -0.39 is 0 Å². The Morgan fingerprint density at radius 3 is 2.93 bits per heavy atom. The molecule has 15 heavy (non-hydrogen) atoms. The first-order valence-electron chi connectivity index (χ1n) is 4.65. The average molecular weight is 204 g/mol. The van der Waals surface area contributed by atoms with Crippen molar-refractivity contribution in [1.82, 2.24) is 9.97 Å². The quantitative estimate of drug-likeness (QED) is 0.810. The molecule has 0 aromatic carbocycles. The molecule has 0 aliphatic rings. The maximum absolute atomic E-state index is 9.57. The highest BCUT2D eigenvalue weighted by atomic mass is 16.5. The van der Waals surface area contributed by atoms with Gasteiger partial charge in [-0.15, -0.1) is 0 Å². The van der Waals surface area contributed by atoms with Crippen LogP contribution in [-0.2, 0) is 11.3 Å². The van der Waals surface area contributed by atoms with Crippen molar-refractivity contribution < 1.29 is 9.84 Å². The third kappa shape index (κ3) is 1.89. The second-order valence-corrected chi connectivity index (χ2v) is 3.44. The van der Waals surface area contributed by atoms with Crippen molar-refractivity contribution in [3.63, 3.8) is 0 Å². The molecule has 2 aromatic rings. The van der Waals surface area contributed by atoms with Crippen LogP contribution >= 0.6 is 0 Å². The summed E-state index contributed by atoms with van der Waals surface area (Å²) in [7, 11) is 1.64. The summed E-state index contributed by atoms with van der Waals surface area (Å²) in [5.41, 5.74) is 2.28. The van der Waals surface area contributed by atoms with Gasteiger partial charge in [-0.05, 0) is 24.6 Å². The maximum atomic E-state index is 9.57. The number of methoxy groups -OCH3 is 1. The summed E-state index contributed by atoms with van der Waals surface area (Å²) in [5, 5.41) is 10.5.